The van der Waals surface area contributed by atoms with Gasteiger partial charge < -0.3 is 5.32 Å². The number of amides is 1. The zero-order valence-corrected chi connectivity index (χ0v) is 11.1. The summed E-state index contributed by atoms with van der Waals surface area (Å²) in [5.41, 5.74) is 2.68. The van der Waals surface area contributed by atoms with Crippen molar-refractivity contribution in [3.63, 3.8) is 0 Å². The third-order valence-electron chi connectivity index (χ3n) is 3.87. The molecule has 2 aromatic rings. The molecule has 1 atom stereocenters. The first-order valence-electron chi connectivity index (χ1n) is 6.55. The van der Waals surface area contributed by atoms with Crippen molar-refractivity contribution in [3.05, 3.63) is 34.2 Å². The summed E-state index contributed by atoms with van der Waals surface area (Å²) < 4.78 is 3.27. The summed E-state index contributed by atoms with van der Waals surface area (Å²) in [6.45, 7) is 2.68. The van der Waals surface area contributed by atoms with Gasteiger partial charge in [-0.3, -0.25) is 13.9 Å². The summed E-state index contributed by atoms with van der Waals surface area (Å²) in [4.78, 5) is 24.4. The number of rotatable bonds is 1. The van der Waals surface area contributed by atoms with E-state index in [4.69, 9.17) is 0 Å². The molecule has 19 heavy (non-hydrogen) atoms. The molecule has 3 rings (SSSR count). The number of piperidine rings is 1. The number of nitrogens with zero attached hydrogens (tertiary/aromatic N) is 2. The molecule has 1 aliphatic heterocycles. The molecule has 1 amide bonds. The van der Waals surface area contributed by atoms with Crippen LogP contribution in [0.2, 0.25) is 0 Å². The van der Waals surface area contributed by atoms with Gasteiger partial charge in [-0.15, -0.1) is 0 Å². The zero-order chi connectivity index (χ0) is 13.6. The molecule has 1 saturated heterocycles. The molecule has 0 spiro atoms. The lowest BCUT2D eigenvalue weighted by Gasteiger charge is -2.22. The number of carbonyl (C=O) groups is 1. The van der Waals surface area contributed by atoms with Crippen LogP contribution >= 0.6 is 0 Å². The molecule has 1 aromatic carbocycles. The molecule has 1 N–H and O–H groups in total. The second-order valence-electron chi connectivity index (χ2n) is 5.10. The van der Waals surface area contributed by atoms with Gasteiger partial charge in [-0.2, -0.15) is 0 Å². The number of carbonyl (C=O) groups excluding carboxylic acids is 1. The van der Waals surface area contributed by atoms with Crippen molar-refractivity contribution in [2.24, 2.45) is 7.05 Å². The molecule has 5 heteroatoms. The monoisotopic (exact) mass is 259 g/mol. The van der Waals surface area contributed by atoms with Crippen LogP contribution in [0.1, 0.15) is 24.4 Å². The predicted molar refractivity (Wildman–Crippen MR) is 73.2 cm³/mol. The van der Waals surface area contributed by atoms with E-state index < -0.39 is 0 Å². The number of aromatic nitrogens is 2. The zero-order valence-electron chi connectivity index (χ0n) is 11.1. The maximum absolute atomic E-state index is 12.4. The molecule has 0 bridgehead atoms. The molecule has 0 aliphatic carbocycles. The van der Waals surface area contributed by atoms with Gasteiger partial charge in [0.1, 0.15) is 6.04 Å². The Balaban J connectivity index is 2.29. The summed E-state index contributed by atoms with van der Waals surface area (Å²) in [6.07, 6.45) is 1.63. The lowest BCUT2D eigenvalue weighted by atomic mass is 10.1. The second kappa shape index (κ2) is 4.26. The molecule has 5 nitrogen and oxygen atoms in total. The van der Waals surface area contributed by atoms with E-state index in [2.05, 4.69) is 5.32 Å². The number of imidazole rings is 1. The SMILES string of the molecule is Cc1cccc2c1n(C)c(=O)n2[C@@H]1CCCNC1=O. The molecule has 1 aromatic heterocycles. The van der Waals surface area contributed by atoms with Crippen molar-refractivity contribution in [2.75, 3.05) is 6.54 Å². The maximum atomic E-state index is 12.4. The van der Waals surface area contributed by atoms with E-state index in [9.17, 15) is 9.59 Å². The van der Waals surface area contributed by atoms with Crippen LogP contribution in [0.4, 0.5) is 0 Å². The fraction of sp³-hybridized carbons (Fsp3) is 0.429. The van der Waals surface area contributed by atoms with Gasteiger partial charge in [-0.1, -0.05) is 12.1 Å². The Kier molecular flexibility index (Phi) is 2.69. The largest absolute Gasteiger partial charge is 0.354 e. The van der Waals surface area contributed by atoms with Crippen molar-refractivity contribution in [1.29, 1.82) is 0 Å². The van der Waals surface area contributed by atoms with E-state index in [0.29, 0.717) is 6.54 Å². The van der Waals surface area contributed by atoms with E-state index in [0.717, 1.165) is 29.4 Å². The van der Waals surface area contributed by atoms with Crippen LogP contribution in [0.3, 0.4) is 0 Å². The highest BCUT2D eigenvalue weighted by atomic mass is 16.2. The highest BCUT2D eigenvalue weighted by Gasteiger charge is 2.28. The Labute approximate surface area is 110 Å². The van der Waals surface area contributed by atoms with Gasteiger partial charge in [0.25, 0.3) is 0 Å². The van der Waals surface area contributed by atoms with Gasteiger partial charge in [-0.05, 0) is 31.4 Å². The Bertz CT molecular complexity index is 711. The Morgan fingerprint density at radius 2 is 2.11 bits per heavy atom. The van der Waals surface area contributed by atoms with Crippen molar-refractivity contribution >= 4 is 16.9 Å². The normalized spacial score (nSPS) is 19.7. The molecule has 2 heterocycles. The van der Waals surface area contributed by atoms with Gasteiger partial charge in [-0.25, -0.2) is 4.79 Å². The molecule has 0 saturated carbocycles. The highest BCUT2D eigenvalue weighted by Crippen LogP contribution is 2.23. The number of hydrogen-bond acceptors (Lipinski definition) is 2. The van der Waals surface area contributed by atoms with Gasteiger partial charge in [0, 0.05) is 13.6 Å². The number of hydrogen-bond donors (Lipinski definition) is 1. The smallest absolute Gasteiger partial charge is 0.329 e. The van der Waals surface area contributed by atoms with Crippen molar-refractivity contribution < 1.29 is 4.79 Å². The van der Waals surface area contributed by atoms with E-state index in [1.807, 2.05) is 25.1 Å². The predicted octanol–water partition coefficient (Wildman–Crippen LogP) is 1.10. The second-order valence-corrected chi connectivity index (χ2v) is 5.10. The van der Waals surface area contributed by atoms with Crippen molar-refractivity contribution in [2.45, 2.75) is 25.8 Å². The topological polar surface area (TPSA) is 56.0 Å². The van der Waals surface area contributed by atoms with Gasteiger partial charge in [0.15, 0.2) is 0 Å². The summed E-state index contributed by atoms with van der Waals surface area (Å²) >= 11 is 0. The van der Waals surface area contributed by atoms with Gasteiger partial charge in [0.2, 0.25) is 5.91 Å². The minimum absolute atomic E-state index is 0.0534. The first-order chi connectivity index (χ1) is 9.11. The minimum atomic E-state index is -0.383. The number of nitrogens with one attached hydrogen (secondary N) is 1. The average Bonchev–Trinajstić information content (AvgIpc) is 2.64. The lowest BCUT2D eigenvalue weighted by molar-refractivity contribution is -0.125. The molecule has 1 fully saturated rings. The van der Waals surface area contributed by atoms with Crippen molar-refractivity contribution in [3.8, 4) is 0 Å². The number of benzene rings is 1. The maximum Gasteiger partial charge on any atom is 0.329 e. The van der Waals surface area contributed by atoms with E-state index in [1.165, 1.54) is 0 Å². The van der Waals surface area contributed by atoms with E-state index in [-0.39, 0.29) is 17.6 Å². The number of para-hydroxylation sites is 1. The average molecular weight is 259 g/mol. The highest BCUT2D eigenvalue weighted by molar-refractivity contribution is 5.85. The molecule has 100 valence electrons. The molecular formula is C14H17N3O2. The van der Waals surface area contributed by atoms with Gasteiger partial charge >= 0.3 is 5.69 Å². The first kappa shape index (κ1) is 12.0. The van der Waals surface area contributed by atoms with Crippen molar-refractivity contribution in [1.82, 2.24) is 14.5 Å². The standard InChI is InChI=1S/C14H17N3O2/c1-9-5-3-6-10-12(9)16(2)14(19)17(10)11-7-4-8-15-13(11)18/h3,5-6,11H,4,7-8H2,1-2H3,(H,15,18)/t11-/m1/s1. The van der Waals surface area contributed by atoms with E-state index >= 15 is 0 Å². The third kappa shape index (κ3) is 1.69. The number of aryl methyl sites for hydroxylation is 2. The first-order valence-corrected chi connectivity index (χ1v) is 6.55. The summed E-state index contributed by atoms with van der Waals surface area (Å²) in [5, 5.41) is 2.84. The molecule has 1 aliphatic rings. The summed E-state index contributed by atoms with van der Waals surface area (Å²) in [6, 6.07) is 5.43. The molecular weight excluding hydrogens is 242 g/mol. The fourth-order valence-corrected chi connectivity index (χ4v) is 2.94. The quantitative estimate of drug-likeness (QED) is 0.833. The van der Waals surface area contributed by atoms with Crippen LogP contribution in [0.25, 0.3) is 11.0 Å². The lowest BCUT2D eigenvalue weighted by Crippen LogP contribution is -2.41. The summed E-state index contributed by atoms with van der Waals surface area (Å²) in [5.74, 6) is -0.0534. The van der Waals surface area contributed by atoms with Crippen LogP contribution in [0.15, 0.2) is 23.0 Å². The van der Waals surface area contributed by atoms with Gasteiger partial charge in [0.05, 0.1) is 11.0 Å². The fourth-order valence-electron chi connectivity index (χ4n) is 2.94. The Morgan fingerprint density at radius 1 is 1.32 bits per heavy atom. The van der Waals surface area contributed by atoms with Crippen LogP contribution in [-0.2, 0) is 11.8 Å². The van der Waals surface area contributed by atoms with Crippen LogP contribution in [0, 0.1) is 6.92 Å². The number of fused-ring (bicyclic) bond motifs is 1. The van der Waals surface area contributed by atoms with Crippen LogP contribution in [0.5, 0.6) is 0 Å². The Hall–Kier alpha value is -2.04. The third-order valence-corrected chi connectivity index (χ3v) is 3.87. The molecule has 0 unspecified atom stereocenters. The summed E-state index contributed by atoms with van der Waals surface area (Å²) in [7, 11) is 1.76. The van der Waals surface area contributed by atoms with E-state index in [1.54, 1.807) is 16.2 Å². The molecule has 0 radical (unpaired) electrons. The minimum Gasteiger partial charge on any atom is -0.354 e. The van der Waals surface area contributed by atoms with Crippen LogP contribution in [-0.4, -0.2) is 21.6 Å². The Morgan fingerprint density at radius 3 is 2.84 bits per heavy atom. The van der Waals surface area contributed by atoms with Crippen LogP contribution < -0.4 is 11.0 Å².